The van der Waals surface area contributed by atoms with Crippen LogP contribution in [0.4, 0.5) is 4.79 Å². The van der Waals surface area contributed by atoms with E-state index < -0.39 is 17.1 Å². The van der Waals surface area contributed by atoms with Crippen LogP contribution in [0.1, 0.15) is 75.9 Å². The number of hydrogen-bond acceptors (Lipinski definition) is 5. The molecule has 1 saturated heterocycles. The predicted octanol–water partition coefficient (Wildman–Crippen LogP) is 3.44. The number of nitrogens with zero attached hydrogens (tertiary/aromatic N) is 2. The Hall–Kier alpha value is -2.15. The Bertz CT molecular complexity index is 774. The number of amides is 2. The van der Waals surface area contributed by atoms with Crippen LogP contribution in [0.3, 0.4) is 0 Å². The summed E-state index contributed by atoms with van der Waals surface area (Å²) >= 11 is 0. The van der Waals surface area contributed by atoms with Gasteiger partial charge in [0.05, 0.1) is 17.7 Å². The molecule has 30 heavy (non-hydrogen) atoms. The highest BCUT2D eigenvalue weighted by molar-refractivity contribution is 5.93. The van der Waals surface area contributed by atoms with Gasteiger partial charge in [-0.15, -0.1) is 0 Å². The number of nitrogens with one attached hydrogen (secondary N) is 1. The molecule has 7 nitrogen and oxygen atoms in total. The van der Waals surface area contributed by atoms with E-state index in [0.29, 0.717) is 18.5 Å². The molecule has 2 N–H and O–H groups in total. The Morgan fingerprint density at radius 1 is 1.30 bits per heavy atom. The van der Waals surface area contributed by atoms with Crippen molar-refractivity contribution in [3.63, 3.8) is 0 Å². The van der Waals surface area contributed by atoms with E-state index in [1.807, 2.05) is 27.7 Å². The van der Waals surface area contributed by atoms with Gasteiger partial charge >= 0.3 is 6.09 Å². The lowest BCUT2D eigenvalue weighted by Gasteiger charge is -2.37. The third kappa shape index (κ3) is 4.77. The van der Waals surface area contributed by atoms with Gasteiger partial charge in [0.15, 0.2) is 0 Å². The first-order valence-corrected chi connectivity index (χ1v) is 10.9. The molecule has 4 atom stereocenters. The van der Waals surface area contributed by atoms with E-state index in [0.717, 1.165) is 31.4 Å². The minimum absolute atomic E-state index is 0.104. The molecule has 2 amide bonds. The van der Waals surface area contributed by atoms with E-state index in [1.165, 1.54) is 0 Å². The van der Waals surface area contributed by atoms with Gasteiger partial charge in [-0.1, -0.05) is 19.8 Å². The van der Waals surface area contributed by atoms with Crippen molar-refractivity contribution in [1.29, 1.82) is 0 Å². The fourth-order valence-electron chi connectivity index (χ4n) is 4.82. The Labute approximate surface area is 179 Å². The van der Waals surface area contributed by atoms with Gasteiger partial charge < -0.3 is 15.2 Å². The lowest BCUT2D eigenvalue weighted by molar-refractivity contribution is -0.00901. The molecule has 0 bridgehead atoms. The highest BCUT2D eigenvalue weighted by Crippen LogP contribution is 2.48. The van der Waals surface area contributed by atoms with Gasteiger partial charge in [-0.25, -0.2) is 4.79 Å². The molecule has 1 aliphatic heterocycles. The molecule has 1 aromatic rings. The maximum atomic E-state index is 13.1. The van der Waals surface area contributed by atoms with Crippen LogP contribution in [0, 0.1) is 12.3 Å². The quantitative estimate of drug-likeness (QED) is 0.786. The number of likely N-dealkylation sites (tertiary alicyclic amines) is 1. The standard InChI is InChI=1S/C23H35N3O4/c1-15-10-11-16(13-24-15)20(28)25-14-17-12-23(5)18(8-6-7-9-19(23)27)26(17)21(29)30-22(2,3)4/h10-11,13,17-19,27H,6-9,12,14H2,1-5H3,(H,25,28)/t17-,18-,19+,23-/m1/s1. The minimum atomic E-state index is -0.610. The minimum Gasteiger partial charge on any atom is -0.444 e. The van der Waals surface area contributed by atoms with Gasteiger partial charge in [-0.2, -0.15) is 0 Å². The van der Waals surface area contributed by atoms with Gasteiger partial charge in [-0.3, -0.25) is 14.7 Å². The van der Waals surface area contributed by atoms with Crippen molar-refractivity contribution in [2.24, 2.45) is 5.41 Å². The number of fused-ring (bicyclic) bond motifs is 1. The molecule has 0 radical (unpaired) electrons. The van der Waals surface area contributed by atoms with E-state index in [4.69, 9.17) is 4.74 Å². The van der Waals surface area contributed by atoms with Gasteiger partial charge in [0.1, 0.15) is 5.60 Å². The highest BCUT2D eigenvalue weighted by atomic mass is 16.6. The van der Waals surface area contributed by atoms with E-state index >= 15 is 0 Å². The van der Waals surface area contributed by atoms with Crippen LogP contribution in [0.5, 0.6) is 0 Å². The average molecular weight is 418 g/mol. The van der Waals surface area contributed by atoms with Crippen LogP contribution in [-0.4, -0.2) is 57.3 Å². The highest BCUT2D eigenvalue weighted by Gasteiger charge is 2.55. The van der Waals surface area contributed by atoms with Crippen molar-refractivity contribution in [2.75, 3.05) is 6.54 Å². The van der Waals surface area contributed by atoms with Crippen molar-refractivity contribution in [3.05, 3.63) is 29.6 Å². The van der Waals surface area contributed by atoms with Crippen molar-refractivity contribution in [3.8, 4) is 0 Å². The topological polar surface area (TPSA) is 91.8 Å². The van der Waals surface area contributed by atoms with Crippen molar-refractivity contribution in [1.82, 2.24) is 15.2 Å². The Balaban J connectivity index is 1.80. The number of aliphatic hydroxyl groups excluding tert-OH is 1. The first kappa shape index (κ1) is 22.5. The first-order chi connectivity index (χ1) is 14.0. The van der Waals surface area contributed by atoms with E-state index in [-0.39, 0.29) is 24.1 Å². The number of aromatic nitrogens is 1. The second-order valence-corrected chi connectivity index (χ2v) is 9.97. The first-order valence-electron chi connectivity index (χ1n) is 10.9. The molecule has 1 aliphatic carbocycles. The maximum Gasteiger partial charge on any atom is 0.410 e. The molecule has 7 heteroatoms. The molecule has 2 heterocycles. The molecule has 1 aromatic heterocycles. The summed E-state index contributed by atoms with van der Waals surface area (Å²) in [6, 6.07) is 3.21. The van der Waals surface area contributed by atoms with Crippen molar-refractivity contribution in [2.45, 2.75) is 90.5 Å². The monoisotopic (exact) mass is 417 g/mol. The SMILES string of the molecule is Cc1ccc(C(=O)NC[C@H]2C[C@@]3(C)[C@@H](O)CCCC[C@H]3N2C(=O)OC(C)(C)C)cn1. The van der Waals surface area contributed by atoms with Gasteiger partial charge in [0, 0.05) is 29.9 Å². The molecule has 166 valence electrons. The lowest BCUT2D eigenvalue weighted by atomic mass is 9.75. The zero-order valence-corrected chi connectivity index (χ0v) is 18.8. The summed E-state index contributed by atoms with van der Waals surface area (Å²) in [4.78, 5) is 31.7. The normalized spacial score (nSPS) is 29.1. The molecule has 1 saturated carbocycles. The zero-order valence-electron chi connectivity index (χ0n) is 18.8. The second kappa shape index (κ2) is 8.53. The van der Waals surface area contributed by atoms with E-state index in [2.05, 4.69) is 17.2 Å². The van der Waals surface area contributed by atoms with Crippen LogP contribution in [0.2, 0.25) is 0 Å². The average Bonchev–Trinajstić information content (AvgIpc) is 2.87. The largest absolute Gasteiger partial charge is 0.444 e. The number of pyridine rings is 1. The van der Waals surface area contributed by atoms with Crippen LogP contribution in [0.25, 0.3) is 0 Å². The molecular weight excluding hydrogens is 382 g/mol. The van der Waals surface area contributed by atoms with Crippen molar-refractivity contribution < 1.29 is 19.4 Å². The summed E-state index contributed by atoms with van der Waals surface area (Å²) < 4.78 is 5.71. The van der Waals surface area contributed by atoms with E-state index in [1.54, 1.807) is 23.2 Å². The summed E-state index contributed by atoms with van der Waals surface area (Å²) in [5.74, 6) is -0.218. The molecule has 2 fully saturated rings. The van der Waals surface area contributed by atoms with Crippen LogP contribution < -0.4 is 5.32 Å². The number of carbonyl (C=O) groups is 2. The van der Waals surface area contributed by atoms with E-state index in [9.17, 15) is 14.7 Å². The third-order valence-corrected chi connectivity index (χ3v) is 6.41. The molecule has 3 rings (SSSR count). The van der Waals surface area contributed by atoms with Gasteiger partial charge in [0.25, 0.3) is 5.91 Å². The Morgan fingerprint density at radius 3 is 2.63 bits per heavy atom. The fourth-order valence-corrected chi connectivity index (χ4v) is 4.82. The molecule has 0 unspecified atom stereocenters. The smallest absolute Gasteiger partial charge is 0.410 e. The zero-order chi connectivity index (χ0) is 22.1. The number of aryl methyl sites for hydroxylation is 1. The van der Waals surface area contributed by atoms with Crippen molar-refractivity contribution >= 4 is 12.0 Å². The molecule has 2 aliphatic rings. The number of rotatable bonds is 3. The van der Waals surface area contributed by atoms with Gasteiger partial charge in [0.2, 0.25) is 0 Å². The van der Waals surface area contributed by atoms with Crippen LogP contribution in [0.15, 0.2) is 18.3 Å². The summed E-state index contributed by atoms with van der Waals surface area (Å²) in [5, 5.41) is 13.8. The second-order valence-electron chi connectivity index (χ2n) is 9.97. The number of ether oxygens (including phenoxy) is 1. The number of aliphatic hydroxyl groups is 1. The molecular formula is C23H35N3O4. The summed E-state index contributed by atoms with van der Waals surface area (Å²) in [6.07, 6.45) is 4.83. The van der Waals surface area contributed by atoms with Gasteiger partial charge in [-0.05, 0) is 59.1 Å². The molecule has 0 spiro atoms. The summed E-state index contributed by atoms with van der Waals surface area (Å²) in [5.41, 5.74) is 0.318. The van der Waals surface area contributed by atoms with Crippen LogP contribution in [-0.2, 0) is 4.74 Å². The summed E-state index contributed by atoms with van der Waals surface area (Å²) in [6.45, 7) is 9.80. The molecule has 0 aromatic carbocycles. The summed E-state index contributed by atoms with van der Waals surface area (Å²) in [7, 11) is 0. The Kier molecular flexibility index (Phi) is 6.41. The fraction of sp³-hybridized carbons (Fsp3) is 0.696. The van der Waals surface area contributed by atoms with Crippen LogP contribution >= 0.6 is 0 Å². The predicted molar refractivity (Wildman–Crippen MR) is 114 cm³/mol. The maximum absolute atomic E-state index is 13.1. The number of hydrogen-bond donors (Lipinski definition) is 2. The lowest BCUT2D eigenvalue weighted by Crippen LogP contribution is -2.50. The number of carbonyl (C=O) groups excluding carboxylic acids is 2. The third-order valence-electron chi connectivity index (χ3n) is 6.41. The Morgan fingerprint density at radius 2 is 2.00 bits per heavy atom.